The number of anilines is 1. The summed E-state index contributed by atoms with van der Waals surface area (Å²) in [5.41, 5.74) is 0.683. The second-order valence-electron chi connectivity index (χ2n) is 6.27. The maximum Gasteiger partial charge on any atom is 0.297 e. The molecular weight excluding hydrogens is 476 g/mol. The normalized spacial score (nSPS) is 15.2. The van der Waals surface area contributed by atoms with Crippen LogP contribution in [0.2, 0.25) is 0 Å². The van der Waals surface area contributed by atoms with Crippen LogP contribution in [0.15, 0.2) is 73.7 Å². The molecule has 0 fully saturated rings. The Morgan fingerprint density at radius 1 is 1.00 bits per heavy atom. The Bertz CT molecular complexity index is 1260. The predicted octanol–water partition coefficient (Wildman–Crippen LogP) is 4.61. The van der Waals surface area contributed by atoms with Crippen molar-refractivity contribution in [3.05, 3.63) is 80.5 Å². The largest absolute Gasteiger partial charge is 0.297 e. The average Bonchev–Trinajstić information content (AvgIpc) is 3.20. The molecule has 1 atom stereocenters. The van der Waals surface area contributed by atoms with Crippen molar-refractivity contribution in [3.8, 4) is 0 Å². The first kappa shape index (κ1) is 19.7. The molecule has 0 saturated heterocycles. The third-order valence-corrected chi connectivity index (χ3v) is 7.63. The topological polar surface area (TPSA) is 83.9 Å². The van der Waals surface area contributed by atoms with Crippen molar-refractivity contribution in [2.45, 2.75) is 4.90 Å². The molecule has 0 radical (unpaired) electrons. The number of amides is 3. The van der Waals surface area contributed by atoms with Crippen LogP contribution in [0.3, 0.4) is 0 Å². The van der Waals surface area contributed by atoms with Gasteiger partial charge in [-0.3, -0.25) is 14.4 Å². The molecule has 3 aromatic rings. The van der Waals surface area contributed by atoms with Crippen LogP contribution in [-0.4, -0.2) is 28.2 Å². The van der Waals surface area contributed by atoms with Gasteiger partial charge in [-0.25, -0.2) is 9.11 Å². The van der Waals surface area contributed by atoms with Crippen molar-refractivity contribution in [1.82, 2.24) is 0 Å². The lowest BCUT2D eigenvalue weighted by molar-refractivity contribution is 0.0926. The summed E-state index contributed by atoms with van der Waals surface area (Å²) in [6.07, 6.45) is 1.38. The van der Waals surface area contributed by atoms with E-state index in [9.17, 15) is 18.6 Å². The summed E-state index contributed by atoms with van der Waals surface area (Å²) in [7, 11) is -2.99. The SMILES string of the molecule is CS(=O)(=NC(=O)c1sc(Br)cc1N1C(=O)c2ccccc2C1=O)c1ccccc1. The van der Waals surface area contributed by atoms with E-state index in [0.29, 0.717) is 8.68 Å². The summed E-state index contributed by atoms with van der Waals surface area (Å²) < 4.78 is 17.4. The molecule has 2 aromatic carbocycles. The highest BCUT2D eigenvalue weighted by Gasteiger charge is 2.39. The summed E-state index contributed by atoms with van der Waals surface area (Å²) in [6.45, 7) is 0. The van der Waals surface area contributed by atoms with Crippen molar-refractivity contribution in [2.75, 3.05) is 11.2 Å². The molecule has 146 valence electrons. The van der Waals surface area contributed by atoms with Crippen LogP contribution in [0.5, 0.6) is 0 Å². The number of fused-ring (bicyclic) bond motifs is 1. The lowest BCUT2D eigenvalue weighted by Crippen LogP contribution is -2.30. The number of hydrogen-bond donors (Lipinski definition) is 0. The molecule has 6 nitrogen and oxygen atoms in total. The van der Waals surface area contributed by atoms with Gasteiger partial charge in [-0.1, -0.05) is 30.3 Å². The molecule has 0 N–H and O–H groups in total. The molecule has 1 aliphatic heterocycles. The number of carbonyl (C=O) groups excluding carboxylic acids is 3. The Kier molecular flexibility index (Phi) is 4.97. The number of thiophene rings is 1. The molecule has 0 aliphatic carbocycles. The monoisotopic (exact) mass is 488 g/mol. The summed E-state index contributed by atoms with van der Waals surface area (Å²) >= 11 is 4.33. The highest BCUT2D eigenvalue weighted by molar-refractivity contribution is 9.11. The van der Waals surface area contributed by atoms with Gasteiger partial charge in [-0.05, 0) is 46.3 Å². The molecular formula is C20H13BrN2O4S2. The third-order valence-electron chi connectivity index (χ3n) is 4.35. The van der Waals surface area contributed by atoms with Gasteiger partial charge in [0.2, 0.25) is 0 Å². The molecule has 29 heavy (non-hydrogen) atoms. The minimum Gasteiger partial charge on any atom is -0.268 e. The van der Waals surface area contributed by atoms with E-state index in [1.807, 2.05) is 0 Å². The second kappa shape index (κ2) is 7.33. The van der Waals surface area contributed by atoms with Crippen LogP contribution in [-0.2, 0) is 9.73 Å². The van der Waals surface area contributed by atoms with E-state index in [2.05, 4.69) is 20.3 Å². The highest BCUT2D eigenvalue weighted by Crippen LogP contribution is 2.38. The minimum absolute atomic E-state index is 0.0666. The van der Waals surface area contributed by atoms with Gasteiger partial charge >= 0.3 is 0 Å². The van der Waals surface area contributed by atoms with Gasteiger partial charge in [0.1, 0.15) is 4.88 Å². The van der Waals surface area contributed by atoms with Crippen molar-refractivity contribution in [3.63, 3.8) is 0 Å². The first-order valence-electron chi connectivity index (χ1n) is 8.38. The number of halogens is 1. The third kappa shape index (κ3) is 3.45. The van der Waals surface area contributed by atoms with Crippen LogP contribution in [0.1, 0.15) is 30.4 Å². The maximum atomic E-state index is 13.0. The fraction of sp³-hybridized carbons (Fsp3) is 0.0500. The molecule has 1 aliphatic rings. The van der Waals surface area contributed by atoms with Crippen molar-refractivity contribution in [1.29, 1.82) is 0 Å². The molecule has 4 rings (SSSR count). The number of nitrogens with zero attached hydrogens (tertiary/aromatic N) is 2. The molecule has 3 amide bonds. The Morgan fingerprint density at radius 3 is 2.14 bits per heavy atom. The van der Waals surface area contributed by atoms with Gasteiger partial charge in [-0.2, -0.15) is 4.36 Å². The van der Waals surface area contributed by atoms with Crippen LogP contribution in [0.25, 0.3) is 0 Å². The van der Waals surface area contributed by atoms with E-state index in [-0.39, 0.29) is 21.7 Å². The second-order valence-corrected chi connectivity index (χ2v) is 11.0. The first-order valence-corrected chi connectivity index (χ1v) is 11.9. The van der Waals surface area contributed by atoms with Crippen molar-refractivity contribution < 1.29 is 18.6 Å². The van der Waals surface area contributed by atoms with Gasteiger partial charge < -0.3 is 0 Å². The Balaban J connectivity index is 1.78. The average molecular weight is 489 g/mol. The summed E-state index contributed by atoms with van der Waals surface area (Å²) in [6, 6.07) is 16.5. The van der Waals surface area contributed by atoms with Crippen molar-refractivity contribution in [2.24, 2.45) is 4.36 Å². The predicted molar refractivity (Wildman–Crippen MR) is 115 cm³/mol. The molecule has 0 bridgehead atoms. The van der Waals surface area contributed by atoms with Crippen LogP contribution in [0, 0.1) is 0 Å². The van der Waals surface area contributed by atoms with E-state index < -0.39 is 27.5 Å². The Morgan fingerprint density at radius 2 is 1.55 bits per heavy atom. The summed E-state index contributed by atoms with van der Waals surface area (Å²) in [5.74, 6) is -1.76. The van der Waals surface area contributed by atoms with Gasteiger partial charge in [0, 0.05) is 11.2 Å². The molecule has 9 heteroatoms. The molecule has 1 unspecified atom stereocenters. The first-order chi connectivity index (χ1) is 13.8. The zero-order valence-electron chi connectivity index (χ0n) is 15.0. The lowest BCUT2D eigenvalue weighted by Gasteiger charge is -2.13. The fourth-order valence-corrected chi connectivity index (χ4v) is 5.69. The van der Waals surface area contributed by atoms with Gasteiger partial charge in [0.05, 0.1) is 30.3 Å². The Hall–Kier alpha value is -2.62. The molecule has 0 saturated carbocycles. The minimum atomic E-state index is -2.99. The summed E-state index contributed by atoms with van der Waals surface area (Å²) in [5, 5.41) is 0. The van der Waals surface area contributed by atoms with Crippen LogP contribution in [0.4, 0.5) is 5.69 Å². The Labute approximate surface area is 179 Å². The number of hydrogen-bond acceptors (Lipinski definition) is 5. The number of imide groups is 1. The lowest BCUT2D eigenvalue weighted by atomic mass is 10.1. The van der Waals surface area contributed by atoms with Crippen LogP contribution < -0.4 is 4.90 Å². The standard InChI is InChI=1S/C20H13BrN2O4S2/c1-29(27,12-7-3-2-4-8-12)22-18(24)17-15(11-16(21)28-17)23-19(25)13-9-5-6-10-14(13)20(23)26/h2-11H,1H3. The van der Waals surface area contributed by atoms with Gasteiger partial charge in [-0.15, -0.1) is 11.3 Å². The highest BCUT2D eigenvalue weighted by atomic mass is 79.9. The molecule has 0 spiro atoms. The maximum absolute atomic E-state index is 13.0. The van der Waals surface area contributed by atoms with E-state index in [4.69, 9.17) is 0 Å². The summed E-state index contributed by atoms with van der Waals surface area (Å²) in [4.78, 5) is 39.9. The van der Waals surface area contributed by atoms with E-state index in [1.165, 1.54) is 12.3 Å². The number of rotatable bonds is 3. The van der Waals surface area contributed by atoms with Gasteiger partial charge in [0.25, 0.3) is 17.7 Å². The van der Waals surface area contributed by atoms with E-state index in [1.54, 1.807) is 54.6 Å². The molecule has 1 aromatic heterocycles. The number of carbonyl (C=O) groups is 3. The van der Waals surface area contributed by atoms with Crippen molar-refractivity contribution >= 4 is 60.4 Å². The number of benzene rings is 2. The zero-order chi connectivity index (χ0) is 20.8. The van der Waals surface area contributed by atoms with Gasteiger partial charge in [0.15, 0.2) is 0 Å². The quantitative estimate of drug-likeness (QED) is 0.503. The fourth-order valence-electron chi connectivity index (χ4n) is 3.00. The van der Waals surface area contributed by atoms with E-state index >= 15 is 0 Å². The van der Waals surface area contributed by atoms with E-state index in [0.717, 1.165) is 16.2 Å². The van der Waals surface area contributed by atoms with Crippen LogP contribution >= 0.6 is 27.3 Å². The smallest absolute Gasteiger partial charge is 0.268 e. The zero-order valence-corrected chi connectivity index (χ0v) is 18.2. The molecule has 2 heterocycles.